The largest absolute Gasteiger partial charge is 0.432 e. The molecule has 4 radical (unpaired) electrons. The van der Waals surface area contributed by atoms with Crippen LogP contribution in [0.25, 0.3) is 68.0 Å². The molecule has 0 spiro atoms. The Labute approximate surface area is 681 Å². The van der Waals surface area contributed by atoms with Gasteiger partial charge in [0, 0.05) is 203 Å². The van der Waals surface area contributed by atoms with E-state index in [9.17, 15) is 0 Å². The molecule has 542 valence electrons. The van der Waals surface area contributed by atoms with E-state index in [1.165, 1.54) is 27.8 Å². The molecule has 1 aromatic carbocycles. The van der Waals surface area contributed by atoms with Gasteiger partial charge in [0.05, 0.1) is 34.9 Å². The molecule has 1 atom stereocenters. The van der Waals surface area contributed by atoms with Crippen LogP contribution in [0.3, 0.4) is 0 Å². The second-order valence-electron chi connectivity index (χ2n) is 25.5. The number of hydrogen-bond acceptors (Lipinski definition) is 12. The van der Waals surface area contributed by atoms with E-state index in [-0.39, 0.29) is 133 Å². The van der Waals surface area contributed by atoms with Gasteiger partial charge >= 0.3 is 0 Å². The Morgan fingerprint density at radius 1 is 0.441 bits per heavy atom. The molecule has 14 heterocycles. The van der Waals surface area contributed by atoms with Crippen LogP contribution in [0.15, 0.2) is 220 Å². The predicted molar refractivity (Wildman–Crippen MR) is 377 cm³/mol. The zero-order valence-corrected chi connectivity index (χ0v) is 72.5. The van der Waals surface area contributed by atoms with Gasteiger partial charge in [-0.15, -0.1) is 35.2 Å². The summed E-state index contributed by atoms with van der Waals surface area (Å²) in [5.74, 6) is 7.17. The van der Waals surface area contributed by atoms with Crippen molar-refractivity contribution in [3.63, 3.8) is 0 Å². The molecule has 0 saturated heterocycles. The number of para-hydroxylation sites is 1. The Morgan fingerprint density at radius 3 is 1.58 bits per heavy atom. The van der Waals surface area contributed by atoms with E-state index in [1.807, 2.05) is 179 Å². The third-order valence-corrected chi connectivity index (χ3v) is 15.2. The van der Waals surface area contributed by atoms with Gasteiger partial charge in [-0.1, -0.05) is 237 Å². The van der Waals surface area contributed by atoms with Gasteiger partial charge in [0.1, 0.15) is 0 Å². The third kappa shape index (κ3) is 24.3. The molecule has 0 aliphatic heterocycles. The maximum Gasteiger partial charge on any atom is 0.0563 e. The Kier molecular flexibility index (Phi) is 35.6. The number of aromatic nitrogens is 18. The fourth-order valence-corrected chi connectivity index (χ4v) is 9.77. The summed E-state index contributed by atoms with van der Waals surface area (Å²) in [6, 6.07) is 53.2. The summed E-state index contributed by atoms with van der Waals surface area (Å²) in [6.07, 6.45) is 36.5. The first-order valence-electron chi connectivity index (χ1n) is 31.8. The molecule has 15 aromatic rings. The quantitative estimate of drug-likeness (QED) is 0.118. The molecule has 0 bridgehead atoms. The van der Waals surface area contributed by atoms with Gasteiger partial charge in [0.2, 0.25) is 0 Å². The summed E-state index contributed by atoms with van der Waals surface area (Å²) < 4.78 is 11.1. The van der Waals surface area contributed by atoms with E-state index in [0.717, 1.165) is 81.2 Å². The zero-order valence-electron chi connectivity index (χ0n) is 58.4. The van der Waals surface area contributed by atoms with Gasteiger partial charge in [0.15, 0.2) is 0 Å². The van der Waals surface area contributed by atoms with Gasteiger partial charge < -0.3 is 52.4 Å². The van der Waals surface area contributed by atoms with Gasteiger partial charge in [-0.05, 0) is 90.4 Å². The number of nitrogens with zero attached hydrogens (tertiary/aromatic N) is 18. The van der Waals surface area contributed by atoms with E-state index in [0.29, 0.717) is 17.7 Å². The minimum absolute atomic E-state index is 0. The third-order valence-electron chi connectivity index (χ3n) is 15.2. The predicted octanol–water partition coefficient (Wildman–Crippen LogP) is 15.5. The van der Waals surface area contributed by atoms with Crippen molar-refractivity contribution in [1.29, 1.82) is 0 Å². The van der Waals surface area contributed by atoms with Crippen LogP contribution >= 0.6 is 0 Å². The van der Waals surface area contributed by atoms with Gasteiger partial charge in [-0.3, -0.25) is 29.9 Å². The van der Waals surface area contributed by atoms with Crippen molar-refractivity contribution in [1.82, 2.24) is 87.4 Å². The van der Waals surface area contributed by atoms with Crippen LogP contribution in [0.2, 0.25) is 0 Å². The summed E-state index contributed by atoms with van der Waals surface area (Å²) in [5, 5.41) is 5.41. The first-order valence-corrected chi connectivity index (χ1v) is 31.8. The Balaban J connectivity index is 0.000000257. The topological polar surface area (TPSA) is 184 Å². The van der Waals surface area contributed by atoms with Crippen molar-refractivity contribution in [2.24, 2.45) is 17.3 Å². The molecule has 0 saturated carbocycles. The Bertz CT molecular complexity index is 4760. The summed E-state index contributed by atoms with van der Waals surface area (Å²) in [5.41, 5.74) is 11.1. The summed E-state index contributed by atoms with van der Waals surface area (Å²) in [4.78, 5) is 46.7. The maximum absolute atomic E-state index is 4.38. The average Bonchev–Trinajstić information content (AvgIpc) is 1.68. The van der Waals surface area contributed by atoms with Crippen LogP contribution in [-0.2, 0) is 141 Å². The molecule has 0 N–H and O–H groups in total. The SMILES string of the molecule is CC(C)(C)c1cn(-c2ccccn2)[c-]n1.Cc1c[c-]n(-c2ccccn2)c1CC(C)(C)C.Cc1ccnc(-n2[c-]cc3ncccc32)c1.Cc1n[c-]n(-c2cc(CC(C)C(C)C)ccn2)n1.[Ir].[Ir].[Ir].[Ir].[Pt].[Pt].[c-]1cc2ccccc2n1-c1ccccn1.[c-]1nc2cccnc2n1-c1ccccn1. The Hall–Kier alpha value is -7.43. The second kappa shape index (κ2) is 41.8. The molecule has 18 nitrogen and oxygen atoms in total. The normalized spacial score (nSPS) is 10.8. The molecule has 1 unspecified atom stereocenters. The smallest absolute Gasteiger partial charge is 0.0563 e. The molecular formula is C78H78Ir4N18Pt2-6. The molecule has 0 fully saturated rings. The minimum atomic E-state index is 0. The van der Waals surface area contributed by atoms with Crippen LogP contribution < -0.4 is 0 Å². The second-order valence-corrected chi connectivity index (χ2v) is 25.5. The zero-order chi connectivity index (χ0) is 67.6. The fraction of sp³-hybridized carbons (Fsp3) is 0.231. The van der Waals surface area contributed by atoms with Crippen LogP contribution in [0.1, 0.15) is 96.2 Å². The van der Waals surface area contributed by atoms with Crippen LogP contribution in [0, 0.1) is 75.6 Å². The summed E-state index contributed by atoms with van der Waals surface area (Å²) in [6.45, 7) is 26.0. The first kappa shape index (κ1) is 87.0. The molecule has 0 aliphatic rings. The minimum Gasteiger partial charge on any atom is -0.432 e. The number of pyridine rings is 8. The number of benzene rings is 1. The van der Waals surface area contributed by atoms with Crippen LogP contribution in [-0.4, -0.2) is 87.4 Å². The van der Waals surface area contributed by atoms with Crippen LogP contribution in [0.5, 0.6) is 0 Å². The van der Waals surface area contributed by atoms with Crippen molar-refractivity contribution >= 4 is 33.1 Å². The van der Waals surface area contributed by atoms with Gasteiger partial charge in [-0.2, -0.15) is 0 Å². The number of aryl methyl sites for hydroxylation is 3. The van der Waals surface area contributed by atoms with E-state index < -0.39 is 0 Å². The van der Waals surface area contributed by atoms with Gasteiger partial charge in [0.25, 0.3) is 0 Å². The van der Waals surface area contributed by atoms with Crippen molar-refractivity contribution < 1.29 is 123 Å². The molecular weight excluding hydrogens is 2350 g/mol. The average molecular weight is 2430 g/mol. The monoisotopic (exact) mass is 2430 g/mol. The first-order chi connectivity index (χ1) is 46.3. The molecule has 102 heavy (non-hydrogen) atoms. The standard InChI is InChI=1S/C15H19N2.C14H19N4.C13H10N3.C13H9N2.C12H14N3.C11H7N4.4Ir.2Pt/c1-12-8-10-17(13(12)11-15(2,3)4)14-7-5-6-9-16-14;1-10(2)11(3)7-13-5-6-15-14(8-13)18-9-16-12(4)17-18;1-10-4-7-15-13(9-10)16-8-5-11-12(16)3-2-6-14-11;1-2-6-12-11(5-1)8-10-15(12)13-7-3-4-9-14-13;1-12(2,3)10-8-15(9-14-10)11-6-4-5-7-13-11;1-2-6-12-10(5-1)15-8-14-9-4-3-7-13-11(9)15;;;;;;/h5-9H,11H2,1-4H3;5-6,8,10-11H,7H2,1-4H3;2-7,9H,1H3;1-9H;4-8H,1-3H3;1-7H;;;;;;/q6*-1;;;;;;. The number of rotatable bonds is 10. The van der Waals surface area contributed by atoms with E-state index >= 15 is 0 Å². The van der Waals surface area contributed by atoms with Crippen molar-refractivity contribution in [2.45, 2.75) is 101 Å². The number of imidazole rings is 2. The fourth-order valence-electron chi connectivity index (χ4n) is 9.77. The maximum atomic E-state index is 4.38. The number of fused-ring (bicyclic) bond motifs is 3. The molecule has 0 amide bonds. The van der Waals surface area contributed by atoms with Crippen molar-refractivity contribution in [3.8, 4) is 34.9 Å². The van der Waals surface area contributed by atoms with E-state index in [4.69, 9.17) is 0 Å². The number of hydrogen-bond donors (Lipinski definition) is 0. The molecule has 14 aromatic heterocycles. The summed E-state index contributed by atoms with van der Waals surface area (Å²) >= 11 is 0. The Morgan fingerprint density at radius 2 is 0.980 bits per heavy atom. The van der Waals surface area contributed by atoms with Gasteiger partial charge in [-0.25, -0.2) is 5.10 Å². The molecule has 0 aliphatic carbocycles. The molecule has 15 rings (SSSR count). The van der Waals surface area contributed by atoms with Crippen molar-refractivity contribution in [2.75, 3.05) is 0 Å². The van der Waals surface area contributed by atoms with E-state index in [1.54, 1.807) is 46.4 Å². The summed E-state index contributed by atoms with van der Waals surface area (Å²) in [7, 11) is 0. The van der Waals surface area contributed by atoms with E-state index in [2.05, 4.69) is 202 Å². The molecule has 24 heteroatoms. The van der Waals surface area contributed by atoms with Crippen LogP contribution in [0.4, 0.5) is 0 Å². The van der Waals surface area contributed by atoms with Crippen molar-refractivity contribution in [3.05, 3.63) is 291 Å².